The number of amides is 1. The van der Waals surface area contributed by atoms with Gasteiger partial charge in [0.1, 0.15) is 0 Å². The number of ether oxygens (including phenoxy) is 3. The quantitative estimate of drug-likeness (QED) is 0.349. The van der Waals surface area contributed by atoms with E-state index in [1.165, 1.54) is 47.0 Å². The fraction of sp³-hybridized carbons (Fsp3) is 0.423. The monoisotopic (exact) mass is 561 g/mol. The van der Waals surface area contributed by atoms with E-state index in [2.05, 4.69) is 4.99 Å². The van der Waals surface area contributed by atoms with E-state index < -0.39 is 21.9 Å². The van der Waals surface area contributed by atoms with Crippen molar-refractivity contribution in [3.63, 3.8) is 0 Å². The minimum Gasteiger partial charge on any atom is -0.462 e. The summed E-state index contributed by atoms with van der Waals surface area (Å²) in [7, 11) is -0.606. The van der Waals surface area contributed by atoms with E-state index in [1.54, 1.807) is 32.2 Å². The smallest absolute Gasteiger partial charge is 0.338 e. The number of nitrogens with zero attached hydrogens (tertiary/aromatic N) is 3. The molecule has 12 heteroatoms. The van der Waals surface area contributed by atoms with Crippen LogP contribution in [0.4, 0.5) is 0 Å². The van der Waals surface area contributed by atoms with E-state index in [1.807, 2.05) is 4.57 Å². The molecule has 0 spiro atoms. The summed E-state index contributed by atoms with van der Waals surface area (Å²) in [6, 6.07) is 11.0. The minimum absolute atomic E-state index is 0.0954. The summed E-state index contributed by atoms with van der Waals surface area (Å²) >= 11 is 1.27. The Kier molecular flexibility index (Phi) is 9.11. The second-order valence-corrected chi connectivity index (χ2v) is 11.8. The SMILES string of the molecule is CCOC(=O)c1ccc2c(c1)sc(=NC(=O)c1ccc(S(=O)(=O)N(C)CC3CCCO3)cc1)n2CCOC. The van der Waals surface area contributed by atoms with Gasteiger partial charge >= 0.3 is 5.97 Å². The van der Waals surface area contributed by atoms with Crippen molar-refractivity contribution in [3.05, 3.63) is 58.4 Å². The molecule has 2 aromatic carbocycles. The molecule has 1 amide bonds. The first-order chi connectivity index (χ1) is 18.2. The number of rotatable bonds is 10. The van der Waals surface area contributed by atoms with Crippen molar-refractivity contribution in [2.24, 2.45) is 4.99 Å². The Labute approximate surface area is 225 Å². The van der Waals surface area contributed by atoms with Gasteiger partial charge in [0.25, 0.3) is 5.91 Å². The molecule has 2 heterocycles. The van der Waals surface area contributed by atoms with Crippen LogP contribution in [-0.2, 0) is 30.8 Å². The molecule has 0 aliphatic carbocycles. The minimum atomic E-state index is -3.72. The Bertz CT molecular complexity index is 1470. The van der Waals surface area contributed by atoms with Crippen LogP contribution in [0.15, 0.2) is 52.4 Å². The van der Waals surface area contributed by atoms with E-state index in [-0.39, 0.29) is 29.7 Å². The summed E-state index contributed by atoms with van der Waals surface area (Å²) < 4.78 is 45.7. The molecule has 10 nitrogen and oxygen atoms in total. The summed E-state index contributed by atoms with van der Waals surface area (Å²) in [5.74, 6) is -0.928. The van der Waals surface area contributed by atoms with E-state index >= 15 is 0 Å². The van der Waals surface area contributed by atoms with Crippen molar-refractivity contribution < 1.29 is 32.2 Å². The average Bonchev–Trinajstić information content (AvgIpc) is 3.54. The highest BCUT2D eigenvalue weighted by Gasteiger charge is 2.26. The van der Waals surface area contributed by atoms with Crippen LogP contribution in [-0.4, -0.2) is 75.8 Å². The van der Waals surface area contributed by atoms with Crippen LogP contribution in [0.2, 0.25) is 0 Å². The number of hydrogen-bond acceptors (Lipinski definition) is 8. The molecule has 1 aliphatic heterocycles. The zero-order valence-electron chi connectivity index (χ0n) is 21.6. The molecule has 1 fully saturated rings. The predicted octanol–water partition coefficient (Wildman–Crippen LogP) is 3.07. The fourth-order valence-electron chi connectivity index (χ4n) is 4.17. The molecule has 0 radical (unpaired) electrons. The number of likely N-dealkylation sites (N-methyl/N-ethyl adjacent to an activating group) is 1. The van der Waals surface area contributed by atoms with Crippen LogP contribution in [0.1, 0.15) is 40.5 Å². The average molecular weight is 562 g/mol. The number of benzene rings is 2. The van der Waals surface area contributed by atoms with Crippen LogP contribution in [0.25, 0.3) is 10.2 Å². The van der Waals surface area contributed by atoms with Gasteiger partial charge in [0.2, 0.25) is 10.0 Å². The van der Waals surface area contributed by atoms with E-state index in [0.717, 1.165) is 23.1 Å². The van der Waals surface area contributed by atoms with Gasteiger partial charge in [-0.3, -0.25) is 4.79 Å². The lowest BCUT2D eigenvalue weighted by Crippen LogP contribution is -2.34. The lowest BCUT2D eigenvalue weighted by molar-refractivity contribution is 0.0526. The van der Waals surface area contributed by atoms with Gasteiger partial charge in [-0.05, 0) is 62.2 Å². The molecule has 1 aliphatic rings. The first kappa shape index (κ1) is 28.1. The summed E-state index contributed by atoms with van der Waals surface area (Å²) in [6.45, 7) is 3.80. The molecule has 1 saturated heterocycles. The van der Waals surface area contributed by atoms with Gasteiger partial charge < -0.3 is 18.8 Å². The normalized spacial score (nSPS) is 16.4. The van der Waals surface area contributed by atoms with E-state index in [9.17, 15) is 18.0 Å². The summed E-state index contributed by atoms with van der Waals surface area (Å²) in [4.78, 5) is 30.1. The van der Waals surface area contributed by atoms with Crippen molar-refractivity contribution >= 4 is 43.5 Å². The zero-order chi connectivity index (χ0) is 27.3. The first-order valence-electron chi connectivity index (χ1n) is 12.3. The predicted molar refractivity (Wildman–Crippen MR) is 143 cm³/mol. The maximum Gasteiger partial charge on any atom is 0.338 e. The molecule has 1 aromatic heterocycles. The summed E-state index contributed by atoms with van der Waals surface area (Å²) in [6.07, 6.45) is 1.66. The van der Waals surface area contributed by atoms with Gasteiger partial charge in [0.15, 0.2) is 4.80 Å². The lowest BCUT2D eigenvalue weighted by Gasteiger charge is -2.20. The zero-order valence-corrected chi connectivity index (χ0v) is 23.2. The number of hydrogen-bond donors (Lipinski definition) is 0. The standard InChI is InChI=1S/C26H31N3O7S2/c1-4-35-25(31)19-9-12-22-23(16-19)37-26(29(22)13-15-34-3)27-24(30)18-7-10-21(11-8-18)38(32,33)28(2)17-20-6-5-14-36-20/h7-12,16,20H,4-6,13-15,17H2,1-3H3. The second-order valence-electron chi connectivity index (χ2n) is 8.79. The third kappa shape index (κ3) is 6.21. The molecule has 38 heavy (non-hydrogen) atoms. The molecule has 0 N–H and O–H groups in total. The Morgan fingerprint density at radius 3 is 2.58 bits per heavy atom. The van der Waals surface area contributed by atoms with Crippen LogP contribution in [0.3, 0.4) is 0 Å². The number of methoxy groups -OCH3 is 1. The van der Waals surface area contributed by atoms with Crippen molar-refractivity contribution in [3.8, 4) is 0 Å². The first-order valence-corrected chi connectivity index (χ1v) is 14.6. The third-order valence-electron chi connectivity index (χ3n) is 6.20. The number of aromatic nitrogens is 1. The van der Waals surface area contributed by atoms with E-state index in [0.29, 0.717) is 30.1 Å². The molecule has 1 unspecified atom stereocenters. The van der Waals surface area contributed by atoms with Crippen LogP contribution < -0.4 is 4.80 Å². The third-order valence-corrected chi connectivity index (χ3v) is 9.08. The van der Waals surface area contributed by atoms with Crippen molar-refractivity contribution in [1.82, 2.24) is 8.87 Å². The highest BCUT2D eigenvalue weighted by atomic mass is 32.2. The number of carbonyl (C=O) groups is 2. The molecule has 4 rings (SSSR count). The number of thiazole rings is 1. The Balaban J connectivity index is 1.60. The van der Waals surface area contributed by atoms with Crippen molar-refractivity contribution in [1.29, 1.82) is 0 Å². The molecule has 1 atom stereocenters. The van der Waals surface area contributed by atoms with Gasteiger partial charge in [0.05, 0.1) is 40.0 Å². The number of fused-ring (bicyclic) bond motifs is 1. The van der Waals surface area contributed by atoms with Crippen LogP contribution in [0, 0.1) is 0 Å². The molecule has 3 aromatic rings. The highest BCUT2D eigenvalue weighted by Crippen LogP contribution is 2.22. The van der Waals surface area contributed by atoms with E-state index in [4.69, 9.17) is 14.2 Å². The summed E-state index contributed by atoms with van der Waals surface area (Å²) in [5, 5.41) is 0. The molecular formula is C26H31N3O7S2. The van der Waals surface area contributed by atoms with Crippen molar-refractivity contribution in [2.75, 3.05) is 40.5 Å². The van der Waals surface area contributed by atoms with Gasteiger partial charge in [-0.25, -0.2) is 13.2 Å². The van der Waals surface area contributed by atoms with Gasteiger partial charge in [-0.1, -0.05) is 11.3 Å². The van der Waals surface area contributed by atoms with Crippen molar-refractivity contribution in [2.45, 2.75) is 37.3 Å². The number of sulfonamides is 1. The number of carbonyl (C=O) groups excluding carboxylic acids is 2. The molecule has 0 saturated carbocycles. The Morgan fingerprint density at radius 1 is 1.18 bits per heavy atom. The largest absolute Gasteiger partial charge is 0.462 e. The molecular weight excluding hydrogens is 530 g/mol. The van der Waals surface area contributed by atoms with Crippen LogP contribution in [0.5, 0.6) is 0 Å². The maximum atomic E-state index is 13.0. The maximum absolute atomic E-state index is 13.0. The molecule has 0 bridgehead atoms. The fourth-order valence-corrected chi connectivity index (χ4v) is 6.47. The Hall–Kier alpha value is -2.90. The highest BCUT2D eigenvalue weighted by molar-refractivity contribution is 7.89. The number of esters is 1. The Morgan fingerprint density at radius 2 is 1.92 bits per heavy atom. The van der Waals surface area contributed by atoms with Gasteiger partial charge in [-0.15, -0.1) is 0 Å². The van der Waals surface area contributed by atoms with Crippen LogP contribution >= 0.6 is 11.3 Å². The van der Waals surface area contributed by atoms with Gasteiger partial charge in [0, 0.05) is 39.4 Å². The second kappa shape index (κ2) is 12.3. The molecule has 204 valence electrons. The summed E-state index contributed by atoms with van der Waals surface area (Å²) in [5.41, 5.74) is 1.48. The topological polar surface area (TPSA) is 117 Å². The van der Waals surface area contributed by atoms with Gasteiger partial charge in [-0.2, -0.15) is 9.30 Å². The lowest BCUT2D eigenvalue weighted by atomic mass is 10.2.